The normalized spacial score (nSPS) is 19.9. The topological polar surface area (TPSA) is 16.1 Å². The van der Waals surface area contributed by atoms with Crippen LogP contribution in [0.15, 0.2) is 30.5 Å². The Bertz CT molecular complexity index is 458. The van der Waals surface area contributed by atoms with Gasteiger partial charge in [-0.15, -0.1) is 0 Å². The van der Waals surface area contributed by atoms with Crippen molar-refractivity contribution in [2.45, 2.75) is 26.8 Å². The number of aromatic nitrogens is 1. The zero-order valence-electron chi connectivity index (χ0n) is 10.4. The van der Waals surface area contributed by atoms with Gasteiger partial charge in [0.05, 0.1) is 5.69 Å². The summed E-state index contributed by atoms with van der Waals surface area (Å²) in [6, 6.07) is 4.65. The first-order valence-electron chi connectivity index (χ1n) is 5.64. The van der Waals surface area contributed by atoms with E-state index >= 15 is 0 Å². The van der Waals surface area contributed by atoms with E-state index in [1.807, 2.05) is 6.92 Å². The summed E-state index contributed by atoms with van der Waals surface area (Å²) in [5.41, 5.74) is 4.58. The third kappa shape index (κ3) is 2.01. The minimum Gasteiger partial charge on any atom is -0.374 e. The molecule has 2 heterocycles. The Morgan fingerprint density at radius 1 is 1.25 bits per heavy atom. The SMILES string of the molecule is Cc1ccc(C)c(C2=CN(C)C(C)C=C2)n1. The highest BCUT2D eigenvalue weighted by molar-refractivity contribution is 5.74. The monoisotopic (exact) mass is 214 g/mol. The van der Waals surface area contributed by atoms with Crippen LogP contribution in [0.2, 0.25) is 0 Å². The highest BCUT2D eigenvalue weighted by Crippen LogP contribution is 2.23. The summed E-state index contributed by atoms with van der Waals surface area (Å²) in [6.07, 6.45) is 6.54. The summed E-state index contributed by atoms with van der Waals surface area (Å²) in [4.78, 5) is 6.82. The number of pyridine rings is 1. The van der Waals surface area contributed by atoms with E-state index in [0.717, 1.165) is 11.4 Å². The van der Waals surface area contributed by atoms with Gasteiger partial charge < -0.3 is 4.90 Å². The second-order valence-corrected chi connectivity index (χ2v) is 4.47. The molecule has 0 aliphatic carbocycles. The average Bonchev–Trinajstić information content (AvgIpc) is 2.26. The van der Waals surface area contributed by atoms with E-state index in [4.69, 9.17) is 0 Å². The molecule has 0 saturated carbocycles. The third-order valence-electron chi connectivity index (χ3n) is 3.05. The van der Waals surface area contributed by atoms with Crippen molar-refractivity contribution in [3.63, 3.8) is 0 Å². The Kier molecular flexibility index (Phi) is 2.82. The molecule has 2 heteroatoms. The van der Waals surface area contributed by atoms with Crippen LogP contribution < -0.4 is 0 Å². The molecule has 1 aliphatic heterocycles. The van der Waals surface area contributed by atoms with Crippen molar-refractivity contribution in [1.29, 1.82) is 0 Å². The van der Waals surface area contributed by atoms with E-state index in [1.54, 1.807) is 0 Å². The predicted octanol–water partition coefficient (Wildman–Crippen LogP) is 2.93. The Labute approximate surface area is 97.3 Å². The maximum absolute atomic E-state index is 4.61. The van der Waals surface area contributed by atoms with E-state index in [0.29, 0.717) is 6.04 Å². The Balaban J connectivity index is 2.42. The highest BCUT2D eigenvalue weighted by atomic mass is 15.1. The number of rotatable bonds is 1. The molecule has 0 bridgehead atoms. The number of hydrogen-bond donors (Lipinski definition) is 0. The van der Waals surface area contributed by atoms with Crippen molar-refractivity contribution in [3.05, 3.63) is 47.4 Å². The standard InChI is InChI=1S/C14H18N2/c1-10-5-6-11(2)15-14(10)13-8-7-12(3)16(4)9-13/h5-9,12H,1-4H3. The number of aryl methyl sites for hydroxylation is 2. The summed E-state index contributed by atoms with van der Waals surface area (Å²) in [5, 5.41) is 0. The molecule has 0 spiro atoms. The van der Waals surface area contributed by atoms with Crippen LogP contribution in [-0.4, -0.2) is 23.0 Å². The second-order valence-electron chi connectivity index (χ2n) is 4.47. The number of allylic oxidation sites excluding steroid dienone is 2. The highest BCUT2D eigenvalue weighted by Gasteiger charge is 2.12. The fourth-order valence-corrected chi connectivity index (χ4v) is 1.82. The van der Waals surface area contributed by atoms with E-state index in [2.05, 4.69) is 61.3 Å². The maximum Gasteiger partial charge on any atom is 0.0748 e. The number of hydrogen-bond acceptors (Lipinski definition) is 2. The molecule has 16 heavy (non-hydrogen) atoms. The molecule has 0 fully saturated rings. The van der Waals surface area contributed by atoms with Crippen LogP contribution in [0.25, 0.3) is 5.57 Å². The zero-order chi connectivity index (χ0) is 11.7. The van der Waals surface area contributed by atoms with E-state index < -0.39 is 0 Å². The van der Waals surface area contributed by atoms with Crippen LogP contribution in [0, 0.1) is 13.8 Å². The zero-order valence-corrected chi connectivity index (χ0v) is 10.4. The summed E-state index contributed by atoms with van der Waals surface area (Å²) in [7, 11) is 2.10. The van der Waals surface area contributed by atoms with Gasteiger partial charge >= 0.3 is 0 Å². The molecule has 84 valence electrons. The molecular weight excluding hydrogens is 196 g/mol. The molecule has 1 aromatic rings. The molecule has 0 radical (unpaired) electrons. The van der Waals surface area contributed by atoms with Gasteiger partial charge in [-0.05, 0) is 32.4 Å². The van der Waals surface area contributed by atoms with Crippen LogP contribution >= 0.6 is 0 Å². The van der Waals surface area contributed by atoms with Gasteiger partial charge in [0.1, 0.15) is 0 Å². The van der Waals surface area contributed by atoms with Crippen molar-refractivity contribution in [3.8, 4) is 0 Å². The van der Waals surface area contributed by atoms with Crippen molar-refractivity contribution in [1.82, 2.24) is 9.88 Å². The van der Waals surface area contributed by atoms with Gasteiger partial charge in [0.25, 0.3) is 0 Å². The molecule has 0 amide bonds. The molecular formula is C14H18N2. The van der Waals surface area contributed by atoms with E-state index in [1.165, 1.54) is 11.1 Å². The van der Waals surface area contributed by atoms with Crippen LogP contribution in [0.1, 0.15) is 23.9 Å². The minimum absolute atomic E-state index is 0.467. The quantitative estimate of drug-likeness (QED) is 0.714. The fraction of sp³-hybridized carbons (Fsp3) is 0.357. The van der Waals surface area contributed by atoms with Gasteiger partial charge in [0, 0.05) is 30.6 Å². The number of nitrogens with zero attached hydrogens (tertiary/aromatic N) is 2. The lowest BCUT2D eigenvalue weighted by atomic mass is 10.0. The Morgan fingerprint density at radius 3 is 2.69 bits per heavy atom. The first-order valence-corrected chi connectivity index (χ1v) is 5.64. The van der Waals surface area contributed by atoms with Crippen LogP contribution in [0.5, 0.6) is 0 Å². The predicted molar refractivity (Wildman–Crippen MR) is 68.1 cm³/mol. The number of likely N-dealkylation sites (N-methyl/N-ethyl adjacent to an activating group) is 1. The molecule has 0 saturated heterocycles. The molecule has 2 nitrogen and oxygen atoms in total. The first kappa shape index (κ1) is 10.9. The molecule has 1 atom stereocenters. The Hall–Kier alpha value is -1.57. The summed E-state index contributed by atoms with van der Waals surface area (Å²) >= 11 is 0. The second kappa shape index (κ2) is 4.12. The third-order valence-corrected chi connectivity index (χ3v) is 3.05. The van der Waals surface area contributed by atoms with Crippen LogP contribution in [0.3, 0.4) is 0 Å². The molecule has 2 rings (SSSR count). The lowest BCUT2D eigenvalue weighted by Crippen LogP contribution is -2.24. The van der Waals surface area contributed by atoms with Gasteiger partial charge in [-0.1, -0.05) is 18.2 Å². The smallest absolute Gasteiger partial charge is 0.0748 e. The maximum atomic E-state index is 4.61. The molecule has 0 aromatic carbocycles. The van der Waals surface area contributed by atoms with Crippen molar-refractivity contribution in [2.24, 2.45) is 0 Å². The van der Waals surface area contributed by atoms with Gasteiger partial charge in [-0.3, -0.25) is 4.98 Å². The van der Waals surface area contributed by atoms with Gasteiger partial charge in [0.2, 0.25) is 0 Å². The van der Waals surface area contributed by atoms with E-state index in [-0.39, 0.29) is 0 Å². The van der Waals surface area contributed by atoms with Crippen molar-refractivity contribution in [2.75, 3.05) is 7.05 Å². The van der Waals surface area contributed by atoms with Gasteiger partial charge in [-0.25, -0.2) is 0 Å². The molecule has 1 aliphatic rings. The lowest BCUT2D eigenvalue weighted by molar-refractivity contribution is 0.405. The van der Waals surface area contributed by atoms with Crippen molar-refractivity contribution < 1.29 is 0 Å². The summed E-state index contributed by atoms with van der Waals surface area (Å²) in [6.45, 7) is 6.32. The fourth-order valence-electron chi connectivity index (χ4n) is 1.82. The van der Waals surface area contributed by atoms with E-state index in [9.17, 15) is 0 Å². The van der Waals surface area contributed by atoms with Crippen LogP contribution in [-0.2, 0) is 0 Å². The van der Waals surface area contributed by atoms with Crippen LogP contribution in [0.4, 0.5) is 0 Å². The van der Waals surface area contributed by atoms with Gasteiger partial charge in [-0.2, -0.15) is 0 Å². The Morgan fingerprint density at radius 2 is 2.00 bits per heavy atom. The molecule has 0 N–H and O–H groups in total. The van der Waals surface area contributed by atoms with Gasteiger partial charge in [0.15, 0.2) is 0 Å². The molecule has 1 unspecified atom stereocenters. The summed E-state index contributed by atoms with van der Waals surface area (Å²) < 4.78 is 0. The summed E-state index contributed by atoms with van der Waals surface area (Å²) in [5.74, 6) is 0. The average molecular weight is 214 g/mol. The molecule has 1 aromatic heterocycles. The van der Waals surface area contributed by atoms with Crippen molar-refractivity contribution >= 4 is 5.57 Å². The minimum atomic E-state index is 0.467. The lowest BCUT2D eigenvalue weighted by Gasteiger charge is -2.25. The first-order chi connectivity index (χ1) is 7.58. The largest absolute Gasteiger partial charge is 0.374 e.